The summed E-state index contributed by atoms with van der Waals surface area (Å²) in [5, 5.41) is 4.66. The zero-order valence-electron chi connectivity index (χ0n) is 30.9. The van der Waals surface area contributed by atoms with Crippen molar-refractivity contribution in [3.8, 4) is 5.75 Å². The van der Waals surface area contributed by atoms with Crippen LogP contribution in [0.1, 0.15) is 104 Å². The van der Waals surface area contributed by atoms with Gasteiger partial charge in [0.1, 0.15) is 11.8 Å². The summed E-state index contributed by atoms with van der Waals surface area (Å²) < 4.78 is 36.0. The normalized spacial score (nSPS) is 15.4. The Morgan fingerprint density at radius 3 is 2.14 bits per heavy atom. The molecular weight excluding hydrogens is 688 g/mol. The number of Topliss-reactive ketones (excluding diaryl/α,β-unsaturated/α-hetero) is 1. The van der Waals surface area contributed by atoms with Gasteiger partial charge in [-0.2, -0.15) is 8.78 Å². The lowest BCUT2D eigenvalue weighted by molar-refractivity contribution is -0.154. The minimum Gasteiger partial charge on any atom is -0.497 e. The van der Waals surface area contributed by atoms with Crippen molar-refractivity contribution in [2.75, 3.05) is 13.7 Å². The standard InChI is InChI=1S/C36H57F2N5O6.ClH.H2O/c1-7-11-29(43(31(45)21-35(4,5)40)34(48)27(39)19-25-14-16-26(49-6)17-15-25)33(47)42-28(20-24-12-9-8-10-13-24)32(46)36(37,38)22-41-30(44)18-23(2)3;;/h14-17,23-24,27-29H,7-13,18-22,39-40H2,1-6H3,(H,41,44)(H,42,47);1H;1H2/t27-,28?,29-;;/m0../s1. The number of methoxy groups -OCH3 is 1. The molecule has 1 aromatic carbocycles. The van der Waals surface area contributed by atoms with Crippen LogP contribution in [-0.2, 0) is 30.4 Å². The van der Waals surface area contributed by atoms with Crippen molar-refractivity contribution in [1.82, 2.24) is 15.5 Å². The largest absolute Gasteiger partial charge is 0.497 e. The van der Waals surface area contributed by atoms with Crippen LogP contribution in [0.4, 0.5) is 8.78 Å². The molecule has 1 aromatic rings. The first-order valence-corrected chi connectivity index (χ1v) is 17.4. The van der Waals surface area contributed by atoms with Gasteiger partial charge in [-0.1, -0.05) is 71.4 Å². The summed E-state index contributed by atoms with van der Waals surface area (Å²) in [5.74, 6) is -8.16. The predicted molar refractivity (Wildman–Crippen MR) is 195 cm³/mol. The van der Waals surface area contributed by atoms with E-state index in [-0.39, 0.29) is 61.8 Å². The second-order valence-electron chi connectivity index (χ2n) is 14.5. The number of carbonyl (C=O) groups excluding carboxylic acids is 5. The fourth-order valence-corrected chi connectivity index (χ4v) is 6.11. The minimum atomic E-state index is -3.98. The van der Waals surface area contributed by atoms with Crippen LogP contribution in [-0.4, -0.2) is 83.0 Å². The molecule has 8 N–H and O–H groups in total. The molecule has 0 heterocycles. The molecule has 0 spiro atoms. The van der Waals surface area contributed by atoms with E-state index < -0.39 is 65.5 Å². The van der Waals surface area contributed by atoms with Crippen LogP contribution in [0.25, 0.3) is 0 Å². The number of nitrogens with one attached hydrogen (secondary N) is 2. The third-order valence-electron chi connectivity index (χ3n) is 8.61. The van der Waals surface area contributed by atoms with Gasteiger partial charge in [0.2, 0.25) is 29.4 Å². The number of imide groups is 1. The summed E-state index contributed by atoms with van der Waals surface area (Å²) in [6, 6.07) is 2.58. The predicted octanol–water partition coefficient (Wildman–Crippen LogP) is 3.64. The molecule has 0 bridgehead atoms. The Labute approximate surface area is 307 Å². The minimum absolute atomic E-state index is 0. The number of amides is 4. The third-order valence-corrected chi connectivity index (χ3v) is 8.61. The van der Waals surface area contributed by atoms with Gasteiger partial charge in [-0.05, 0) is 62.6 Å². The topological polar surface area (TPSA) is 205 Å². The Hall–Kier alpha value is -3.20. The average molecular weight is 748 g/mol. The number of ether oxygens (including phenoxy) is 1. The highest BCUT2D eigenvalue weighted by Gasteiger charge is 2.46. The van der Waals surface area contributed by atoms with Gasteiger partial charge in [0, 0.05) is 18.4 Å². The monoisotopic (exact) mass is 747 g/mol. The van der Waals surface area contributed by atoms with Crippen LogP contribution in [0.3, 0.4) is 0 Å². The van der Waals surface area contributed by atoms with Gasteiger partial charge in [-0.3, -0.25) is 28.9 Å². The van der Waals surface area contributed by atoms with Gasteiger partial charge < -0.3 is 32.3 Å². The molecule has 0 radical (unpaired) electrons. The summed E-state index contributed by atoms with van der Waals surface area (Å²) in [4.78, 5) is 68.1. The van der Waals surface area contributed by atoms with Gasteiger partial charge in [0.05, 0.1) is 25.7 Å². The molecule has 0 saturated heterocycles. The third kappa shape index (κ3) is 15.9. The fraction of sp³-hybridized carbons (Fsp3) is 0.694. The lowest BCUT2D eigenvalue weighted by atomic mass is 9.83. The van der Waals surface area contributed by atoms with Gasteiger partial charge in [0.25, 0.3) is 0 Å². The molecule has 2 rings (SSSR count). The molecular formula is C36H60ClF2N5O7. The van der Waals surface area contributed by atoms with E-state index in [1.54, 1.807) is 58.9 Å². The molecule has 1 aliphatic carbocycles. The summed E-state index contributed by atoms with van der Waals surface area (Å²) in [6.07, 6.45) is 4.21. The summed E-state index contributed by atoms with van der Waals surface area (Å²) >= 11 is 0. The van der Waals surface area contributed by atoms with Crippen LogP contribution in [0.2, 0.25) is 0 Å². The highest BCUT2D eigenvalue weighted by atomic mass is 35.5. The highest BCUT2D eigenvalue weighted by Crippen LogP contribution is 2.30. The Kier molecular flexibility index (Phi) is 20.6. The number of benzene rings is 1. The second kappa shape index (κ2) is 22.0. The SMILES string of the molecule is CCC[C@@H](C(=O)NC(CC1CCCCC1)C(=O)C(F)(F)CNC(=O)CC(C)C)N(C(=O)CC(C)(C)N)C(=O)[C@@H](N)Cc1ccc(OC)cc1.Cl.O. The zero-order valence-corrected chi connectivity index (χ0v) is 31.7. The van der Waals surface area contributed by atoms with Crippen molar-refractivity contribution < 1.29 is 43.0 Å². The number of hydrogen-bond donors (Lipinski definition) is 4. The first-order valence-electron chi connectivity index (χ1n) is 17.4. The van der Waals surface area contributed by atoms with Crippen LogP contribution >= 0.6 is 12.4 Å². The molecule has 1 fully saturated rings. The summed E-state index contributed by atoms with van der Waals surface area (Å²) in [6.45, 7) is 7.27. The smallest absolute Gasteiger partial charge is 0.324 e. The fourth-order valence-electron chi connectivity index (χ4n) is 6.11. The molecule has 292 valence electrons. The molecule has 1 saturated carbocycles. The molecule has 0 aliphatic heterocycles. The van der Waals surface area contributed by atoms with Gasteiger partial charge >= 0.3 is 5.92 Å². The van der Waals surface area contributed by atoms with Crippen molar-refractivity contribution in [1.29, 1.82) is 0 Å². The van der Waals surface area contributed by atoms with E-state index in [4.69, 9.17) is 16.2 Å². The zero-order chi connectivity index (χ0) is 36.9. The molecule has 15 heteroatoms. The lowest BCUT2D eigenvalue weighted by Gasteiger charge is -2.35. The summed E-state index contributed by atoms with van der Waals surface area (Å²) in [5.41, 5.74) is 12.1. The maximum Gasteiger partial charge on any atom is 0.324 e. The quantitative estimate of drug-likeness (QED) is 0.164. The number of halogens is 3. The molecule has 4 amide bonds. The van der Waals surface area contributed by atoms with Crippen molar-refractivity contribution in [3.63, 3.8) is 0 Å². The van der Waals surface area contributed by atoms with E-state index >= 15 is 8.78 Å². The lowest BCUT2D eigenvalue weighted by Crippen LogP contribution is -2.61. The van der Waals surface area contributed by atoms with Gasteiger partial charge in [0.15, 0.2) is 0 Å². The average Bonchev–Trinajstić information content (AvgIpc) is 3.02. The number of rotatable bonds is 19. The molecule has 3 atom stereocenters. The maximum atomic E-state index is 15.4. The van der Waals surface area contributed by atoms with Gasteiger partial charge in [-0.25, -0.2) is 0 Å². The first kappa shape index (κ1) is 47.8. The highest BCUT2D eigenvalue weighted by molar-refractivity contribution is 6.03. The van der Waals surface area contributed by atoms with Crippen molar-refractivity contribution in [2.24, 2.45) is 23.3 Å². The Balaban J connectivity index is 0.0000125. The molecule has 0 aromatic heterocycles. The second-order valence-corrected chi connectivity index (χ2v) is 14.5. The van der Waals surface area contributed by atoms with E-state index in [0.717, 1.165) is 24.2 Å². The number of ketones is 1. The number of alkyl halides is 2. The van der Waals surface area contributed by atoms with Crippen LogP contribution < -0.4 is 26.8 Å². The first-order chi connectivity index (χ1) is 22.9. The molecule has 1 unspecified atom stereocenters. The van der Waals surface area contributed by atoms with E-state index in [1.807, 2.05) is 0 Å². The van der Waals surface area contributed by atoms with E-state index in [9.17, 15) is 24.0 Å². The molecule has 51 heavy (non-hydrogen) atoms. The van der Waals surface area contributed by atoms with Gasteiger partial charge in [-0.15, -0.1) is 12.4 Å². The van der Waals surface area contributed by atoms with E-state index in [2.05, 4.69) is 10.6 Å². The van der Waals surface area contributed by atoms with Crippen molar-refractivity contribution in [3.05, 3.63) is 29.8 Å². The maximum absolute atomic E-state index is 15.4. The van der Waals surface area contributed by atoms with E-state index in [0.29, 0.717) is 30.6 Å². The Morgan fingerprint density at radius 1 is 1.04 bits per heavy atom. The van der Waals surface area contributed by atoms with E-state index in [1.165, 1.54) is 7.11 Å². The van der Waals surface area contributed by atoms with Crippen molar-refractivity contribution in [2.45, 2.75) is 135 Å². The Bertz CT molecular complexity index is 1270. The van der Waals surface area contributed by atoms with Crippen LogP contribution in [0.5, 0.6) is 5.75 Å². The number of carbonyl (C=O) groups is 5. The number of nitrogens with zero attached hydrogens (tertiary/aromatic N) is 1. The number of hydrogen-bond acceptors (Lipinski definition) is 8. The Morgan fingerprint density at radius 2 is 1.63 bits per heavy atom. The van der Waals surface area contributed by atoms with Crippen LogP contribution in [0.15, 0.2) is 24.3 Å². The van der Waals surface area contributed by atoms with Crippen molar-refractivity contribution >= 4 is 41.8 Å². The molecule has 12 nitrogen and oxygen atoms in total. The van der Waals surface area contributed by atoms with Crippen LogP contribution in [0, 0.1) is 11.8 Å². The molecule has 1 aliphatic rings. The summed E-state index contributed by atoms with van der Waals surface area (Å²) in [7, 11) is 1.52. The number of nitrogens with two attached hydrogens (primary N) is 2.